The van der Waals surface area contributed by atoms with Gasteiger partial charge < -0.3 is 9.88 Å². The first kappa shape index (κ1) is 22.0. The number of amides is 1. The van der Waals surface area contributed by atoms with Gasteiger partial charge in [-0.05, 0) is 25.1 Å². The van der Waals surface area contributed by atoms with Crippen LogP contribution >= 0.6 is 11.8 Å². The third-order valence-electron chi connectivity index (χ3n) is 4.29. The predicted molar refractivity (Wildman–Crippen MR) is 118 cm³/mol. The monoisotopic (exact) mass is 445 g/mol. The molecule has 2 aromatic carbocycles. The van der Waals surface area contributed by atoms with Gasteiger partial charge in [0.05, 0.1) is 10.6 Å². The molecule has 3 rings (SSSR count). The quantitative estimate of drug-likeness (QED) is 0.536. The Morgan fingerprint density at radius 2 is 1.83 bits per heavy atom. The third-order valence-corrected chi connectivity index (χ3v) is 7.07. The van der Waals surface area contributed by atoms with Crippen molar-refractivity contribution in [3.63, 3.8) is 0 Å². The molecule has 0 atom stereocenters. The summed E-state index contributed by atoms with van der Waals surface area (Å²) in [7, 11) is -0.642. The number of hydrogen-bond donors (Lipinski definition) is 1. The first-order valence-electron chi connectivity index (χ1n) is 9.26. The lowest BCUT2D eigenvalue weighted by atomic mass is 10.2. The molecule has 8 nitrogen and oxygen atoms in total. The van der Waals surface area contributed by atoms with Crippen LogP contribution in [0.1, 0.15) is 6.92 Å². The highest BCUT2D eigenvalue weighted by Crippen LogP contribution is 2.24. The number of sulfonamides is 1. The van der Waals surface area contributed by atoms with Crippen molar-refractivity contribution >= 4 is 33.4 Å². The molecule has 158 valence electrons. The summed E-state index contributed by atoms with van der Waals surface area (Å²) in [6.45, 7) is 2.67. The van der Waals surface area contributed by atoms with E-state index in [0.717, 1.165) is 15.7 Å². The lowest BCUT2D eigenvalue weighted by molar-refractivity contribution is -0.113. The minimum Gasteiger partial charge on any atom is -0.325 e. The number of carbonyl (C=O) groups excluding carboxylic acids is 1. The molecule has 0 saturated heterocycles. The molecule has 3 aromatic rings. The maximum absolute atomic E-state index is 12.4. The van der Waals surface area contributed by atoms with Crippen LogP contribution in [0.15, 0.2) is 64.6 Å². The van der Waals surface area contributed by atoms with E-state index in [4.69, 9.17) is 0 Å². The van der Waals surface area contributed by atoms with Gasteiger partial charge in [0.1, 0.15) is 0 Å². The number of aromatic nitrogens is 3. The number of carbonyl (C=O) groups is 1. The number of hydrogen-bond acceptors (Lipinski definition) is 6. The van der Waals surface area contributed by atoms with Gasteiger partial charge in [0.25, 0.3) is 0 Å². The molecule has 30 heavy (non-hydrogen) atoms. The Morgan fingerprint density at radius 3 is 2.50 bits per heavy atom. The second kappa shape index (κ2) is 9.41. The summed E-state index contributed by atoms with van der Waals surface area (Å²) in [5, 5.41) is 11.9. The van der Waals surface area contributed by atoms with Crippen LogP contribution in [-0.4, -0.2) is 53.2 Å². The SMILES string of the molecule is CCn1c(SCC(=O)Nc2cccc(S(=O)(=O)N(C)C)c2)nnc1-c1ccccc1. The Kier molecular flexibility index (Phi) is 6.91. The highest BCUT2D eigenvalue weighted by molar-refractivity contribution is 7.99. The van der Waals surface area contributed by atoms with Gasteiger partial charge in [-0.2, -0.15) is 0 Å². The van der Waals surface area contributed by atoms with E-state index in [9.17, 15) is 13.2 Å². The molecule has 0 aliphatic heterocycles. The van der Waals surface area contributed by atoms with Gasteiger partial charge in [0.15, 0.2) is 11.0 Å². The average molecular weight is 446 g/mol. The fourth-order valence-electron chi connectivity index (χ4n) is 2.75. The Labute approximate surface area is 180 Å². The summed E-state index contributed by atoms with van der Waals surface area (Å²) in [5.41, 5.74) is 1.38. The molecule has 1 aromatic heterocycles. The third kappa shape index (κ3) is 4.89. The highest BCUT2D eigenvalue weighted by atomic mass is 32.2. The minimum atomic E-state index is -3.57. The molecular weight excluding hydrogens is 422 g/mol. The molecule has 0 fully saturated rings. The van der Waals surface area contributed by atoms with Crippen LogP contribution < -0.4 is 5.32 Å². The van der Waals surface area contributed by atoms with Crippen molar-refractivity contribution in [1.29, 1.82) is 0 Å². The first-order valence-corrected chi connectivity index (χ1v) is 11.7. The molecule has 1 amide bonds. The molecule has 10 heteroatoms. The summed E-state index contributed by atoms with van der Waals surface area (Å²) in [6.07, 6.45) is 0. The van der Waals surface area contributed by atoms with E-state index in [1.54, 1.807) is 12.1 Å². The predicted octanol–water partition coefficient (Wildman–Crippen LogP) is 2.95. The molecule has 0 unspecified atom stereocenters. The van der Waals surface area contributed by atoms with Gasteiger partial charge in [0.2, 0.25) is 15.9 Å². The molecular formula is C20H23N5O3S2. The highest BCUT2D eigenvalue weighted by Gasteiger charge is 2.18. The van der Waals surface area contributed by atoms with E-state index in [0.29, 0.717) is 17.4 Å². The summed E-state index contributed by atoms with van der Waals surface area (Å²) in [6, 6.07) is 15.9. The topological polar surface area (TPSA) is 97.2 Å². The van der Waals surface area contributed by atoms with Crippen molar-refractivity contribution in [2.24, 2.45) is 0 Å². The Hall–Kier alpha value is -2.69. The van der Waals surface area contributed by atoms with Crippen molar-refractivity contribution in [1.82, 2.24) is 19.1 Å². The summed E-state index contributed by atoms with van der Waals surface area (Å²) < 4.78 is 27.6. The van der Waals surface area contributed by atoms with Crippen LogP contribution in [0.5, 0.6) is 0 Å². The van der Waals surface area contributed by atoms with Gasteiger partial charge in [0, 0.05) is 31.9 Å². The molecule has 0 bridgehead atoms. The van der Waals surface area contributed by atoms with E-state index in [1.165, 1.54) is 38.0 Å². The Bertz CT molecular complexity index is 1130. The zero-order valence-electron chi connectivity index (χ0n) is 16.9. The van der Waals surface area contributed by atoms with Gasteiger partial charge in [-0.1, -0.05) is 48.2 Å². The maximum Gasteiger partial charge on any atom is 0.242 e. The van der Waals surface area contributed by atoms with E-state index in [1.807, 2.05) is 41.8 Å². The van der Waals surface area contributed by atoms with Crippen LogP contribution in [0.2, 0.25) is 0 Å². The normalized spacial score (nSPS) is 11.6. The van der Waals surface area contributed by atoms with Crippen LogP contribution in [-0.2, 0) is 21.4 Å². The van der Waals surface area contributed by atoms with E-state index < -0.39 is 10.0 Å². The summed E-state index contributed by atoms with van der Waals surface area (Å²) in [5.74, 6) is 0.617. The second-order valence-electron chi connectivity index (χ2n) is 6.57. The summed E-state index contributed by atoms with van der Waals surface area (Å²) >= 11 is 1.28. The Morgan fingerprint density at radius 1 is 1.10 bits per heavy atom. The average Bonchev–Trinajstić information content (AvgIpc) is 3.16. The number of thioether (sulfide) groups is 1. The first-order chi connectivity index (χ1) is 14.3. The number of rotatable bonds is 8. The molecule has 0 spiro atoms. The van der Waals surface area contributed by atoms with Crippen LogP contribution in [0.3, 0.4) is 0 Å². The van der Waals surface area contributed by atoms with Crippen molar-refractivity contribution in [3.8, 4) is 11.4 Å². The summed E-state index contributed by atoms with van der Waals surface area (Å²) in [4.78, 5) is 12.5. The van der Waals surface area contributed by atoms with Crippen LogP contribution in [0.25, 0.3) is 11.4 Å². The fourth-order valence-corrected chi connectivity index (χ4v) is 4.50. The molecule has 1 N–H and O–H groups in total. The van der Waals surface area contributed by atoms with Crippen LogP contribution in [0.4, 0.5) is 5.69 Å². The standard InChI is InChI=1S/C20H23N5O3S2/c1-4-25-19(15-9-6-5-7-10-15)22-23-20(25)29-14-18(26)21-16-11-8-12-17(13-16)30(27,28)24(2)3/h5-13H,4,14H2,1-3H3,(H,21,26). The van der Waals surface area contributed by atoms with Gasteiger partial charge in [-0.25, -0.2) is 12.7 Å². The smallest absolute Gasteiger partial charge is 0.242 e. The van der Waals surface area contributed by atoms with Gasteiger partial charge in [-0.15, -0.1) is 10.2 Å². The van der Waals surface area contributed by atoms with Crippen LogP contribution in [0, 0.1) is 0 Å². The zero-order valence-corrected chi connectivity index (χ0v) is 18.6. The van der Waals surface area contributed by atoms with Gasteiger partial charge >= 0.3 is 0 Å². The molecule has 0 radical (unpaired) electrons. The largest absolute Gasteiger partial charge is 0.325 e. The lowest BCUT2D eigenvalue weighted by Gasteiger charge is -2.12. The van der Waals surface area contributed by atoms with E-state index >= 15 is 0 Å². The van der Waals surface area contributed by atoms with E-state index in [2.05, 4.69) is 15.5 Å². The molecule has 0 saturated carbocycles. The second-order valence-corrected chi connectivity index (χ2v) is 9.66. The van der Waals surface area contributed by atoms with Crippen molar-refractivity contribution < 1.29 is 13.2 Å². The number of nitrogens with zero attached hydrogens (tertiary/aromatic N) is 4. The number of benzene rings is 2. The van der Waals surface area contributed by atoms with Crippen molar-refractivity contribution in [2.45, 2.75) is 23.5 Å². The maximum atomic E-state index is 12.4. The molecule has 1 heterocycles. The zero-order chi connectivity index (χ0) is 21.7. The molecule has 0 aliphatic carbocycles. The van der Waals surface area contributed by atoms with Crippen molar-refractivity contribution in [2.75, 3.05) is 25.2 Å². The molecule has 0 aliphatic rings. The van der Waals surface area contributed by atoms with Crippen molar-refractivity contribution in [3.05, 3.63) is 54.6 Å². The number of anilines is 1. The van der Waals surface area contributed by atoms with Gasteiger partial charge in [-0.3, -0.25) is 4.79 Å². The van der Waals surface area contributed by atoms with E-state index in [-0.39, 0.29) is 16.6 Å². The number of nitrogens with one attached hydrogen (secondary N) is 1. The Balaban J connectivity index is 1.68. The lowest BCUT2D eigenvalue weighted by Crippen LogP contribution is -2.22. The minimum absolute atomic E-state index is 0.121. The fraction of sp³-hybridized carbons (Fsp3) is 0.250.